The molecule has 0 fully saturated rings. The average molecular weight is 437 g/mol. The van der Waals surface area contributed by atoms with Crippen LogP contribution in [0.1, 0.15) is 21.5 Å². The van der Waals surface area contributed by atoms with Crippen molar-refractivity contribution in [1.82, 2.24) is 10.2 Å². The van der Waals surface area contributed by atoms with Crippen molar-refractivity contribution in [1.29, 1.82) is 0 Å². The van der Waals surface area contributed by atoms with E-state index in [0.717, 1.165) is 37.6 Å². The third-order valence-corrected chi connectivity index (χ3v) is 5.34. The first-order valence-electron chi connectivity index (χ1n) is 8.71. The fourth-order valence-corrected chi connectivity index (χ4v) is 3.76. The van der Waals surface area contributed by atoms with Gasteiger partial charge in [-0.05, 0) is 63.8 Å². The predicted molar refractivity (Wildman–Crippen MR) is 105 cm³/mol. The molecule has 1 aliphatic rings. The van der Waals surface area contributed by atoms with Gasteiger partial charge in [0, 0.05) is 30.7 Å². The minimum absolute atomic E-state index is 0.217. The standard InChI is InChI=1S/C20H22BrFN2O3/c1-26-18-9-13-5-7-24(12-14(13)10-19(18)27-2)8-6-23-20(25)16-4-3-15(22)11-17(16)21/h3-4,9-11H,5-8,12H2,1-2H3,(H,23,25). The number of amides is 1. The van der Waals surface area contributed by atoms with Crippen molar-refractivity contribution >= 4 is 21.8 Å². The zero-order chi connectivity index (χ0) is 19.4. The first-order chi connectivity index (χ1) is 13.0. The van der Waals surface area contributed by atoms with E-state index in [-0.39, 0.29) is 11.7 Å². The van der Waals surface area contributed by atoms with Gasteiger partial charge in [-0.3, -0.25) is 9.69 Å². The molecule has 144 valence electrons. The summed E-state index contributed by atoms with van der Waals surface area (Å²) in [5.74, 6) is 0.887. The maximum Gasteiger partial charge on any atom is 0.252 e. The fraction of sp³-hybridized carbons (Fsp3) is 0.350. The molecule has 0 aromatic heterocycles. The Labute approximate surface area is 166 Å². The number of rotatable bonds is 6. The molecule has 1 N–H and O–H groups in total. The van der Waals surface area contributed by atoms with E-state index in [4.69, 9.17) is 9.47 Å². The Morgan fingerprint density at radius 3 is 2.56 bits per heavy atom. The molecule has 0 spiro atoms. The molecule has 5 nitrogen and oxygen atoms in total. The maximum absolute atomic E-state index is 13.1. The van der Waals surface area contributed by atoms with Crippen LogP contribution in [0.3, 0.4) is 0 Å². The predicted octanol–water partition coefficient (Wildman–Crippen LogP) is 3.39. The highest BCUT2D eigenvalue weighted by Crippen LogP contribution is 2.33. The first-order valence-corrected chi connectivity index (χ1v) is 9.50. The van der Waals surface area contributed by atoms with E-state index in [9.17, 15) is 9.18 Å². The summed E-state index contributed by atoms with van der Waals surface area (Å²) in [4.78, 5) is 14.5. The number of benzene rings is 2. The molecule has 0 unspecified atom stereocenters. The Balaban J connectivity index is 1.56. The van der Waals surface area contributed by atoms with Crippen molar-refractivity contribution in [3.05, 3.63) is 57.3 Å². The van der Waals surface area contributed by atoms with E-state index in [1.54, 1.807) is 14.2 Å². The third kappa shape index (κ3) is 4.59. The normalized spacial score (nSPS) is 13.8. The summed E-state index contributed by atoms with van der Waals surface area (Å²) in [6.07, 6.45) is 0.924. The van der Waals surface area contributed by atoms with E-state index in [0.29, 0.717) is 16.6 Å². The van der Waals surface area contributed by atoms with Crippen LogP contribution in [0, 0.1) is 5.82 Å². The molecule has 2 aromatic carbocycles. The molecule has 3 rings (SSSR count). The first kappa shape index (κ1) is 19.6. The number of hydrogen-bond donors (Lipinski definition) is 1. The van der Waals surface area contributed by atoms with Crippen LogP contribution in [0.5, 0.6) is 11.5 Å². The average Bonchev–Trinajstić information content (AvgIpc) is 2.66. The molecular formula is C20H22BrFN2O3. The number of carbonyl (C=O) groups is 1. The van der Waals surface area contributed by atoms with Crippen molar-refractivity contribution < 1.29 is 18.7 Å². The van der Waals surface area contributed by atoms with Gasteiger partial charge in [-0.15, -0.1) is 0 Å². The second kappa shape index (κ2) is 8.71. The number of nitrogens with one attached hydrogen (secondary N) is 1. The largest absolute Gasteiger partial charge is 0.493 e. The summed E-state index contributed by atoms with van der Waals surface area (Å²) in [7, 11) is 3.27. The Hall–Kier alpha value is -2.12. The molecule has 27 heavy (non-hydrogen) atoms. The highest BCUT2D eigenvalue weighted by atomic mass is 79.9. The molecule has 7 heteroatoms. The lowest BCUT2D eigenvalue weighted by atomic mass is 9.99. The number of methoxy groups -OCH3 is 2. The van der Waals surface area contributed by atoms with Gasteiger partial charge in [0.25, 0.3) is 5.91 Å². The van der Waals surface area contributed by atoms with Gasteiger partial charge in [0.05, 0.1) is 19.8 Å². The summed E-state index contributed by atoms with van der Waals surface area (Å²) in [5, 5.41) is 2.89. The van der Waals surface area contributed by atoms with Gasteiger partial charge in [0.15, 0.2) is 11.5 Å². The van der Waals surface area contributed by atoms with Crippen LogP contribution in [0.15, 0.2) is 34.8 Å². The van der Waals surface area contributed by atoms with Crippen molar-refractivity contribution in [2.45, 2.75) is 13.0 Å². The van der Waals surface area contributed by atoms with Crippen LogP contribution in [-0.2, 0) is 13.0 Å². The van der Waals surface area contributed by atoms with Gasteiger partial charge in [-0.2, -0.15) is 0 Å². The number of hydrogen-bond acceptors (Lipinski definition) is 4. The summed E-state index contributed by atoms with van der Waals surface area (Å²) in [6, 6.07) is 8.11. The van der Waals surface area contributed by atoms with Crippen molar-refractivity contribution in [3.8, 4) is 11.5 Å². The van der Waals surface area contributed by atoms with E-state index in [1.165, 1.54) is 29.3 Å². The zero-order valence-corrected chi connectivity index (χ0v) is 16.9. The number of fused-ring (bicyclic) bond motifs is 1. The van der Waals surface area contributed by atoms with Gasteiger partial charge in [-0.1, -0.05) is 0 Å². The highest BCUT2D eigenvalue weighted by molar-refractivity contribution is 9.10. The molecule has 0 bridgehead atoms. The lowest BCUT2D eigenvalue weighted by Gasteiger charge is -2.29. The molecule has 0 aliphatic carbocycles. The summed E-state index contributed by atoms with van der Waals surface area (Å²) < 4.78 is 24.3. The number of halogens is 2. The second-order valence-electron chi connectivity index (χ2n) is 6.38. The Morgan fingerprint density at radius 1 is 1.19 bits per heavy atom. The van der Waals surface area contributed by atoms with E-state index < -0.39 is 0 Å². The van der Waals surface area contributed by atoms with Crippen LogP contribution in [0.4, 0.5) is 4.39 Å². The quantitative estimate of drug-likeness (QED) is 0.753. The summed E-state index contributed by atoms with van der Waals surface area (Å²) >= 11 is 3.23. The Bertz CT molecular complexity index is 844. The van der Waals surface area contributed by atoms with Crippen LogP contribution < -0.4 is 14.8 Å². The van der Waals surface area contributed by atoms with Gasteiger partial charge in [0.1, 0.15) is 5.82 Å². The number of nitrogens with zero attached hydrogens (tertiary/aromatic N) is 1. The topological polar surface area (TPSA) is 50.8 Å². The summed E-state index contributed by atoms with van der Waals surface area (Å²) in [5.41, 5.74) is 2.91. The minimum atomic E-state index is -0.377. The highest BCUT2D eigenvalue weighted by Gasteiger charge is 2.19. The molecule has 0 radical (unpaired) electrons. The minimum Gasteiger partial charge on any atom is -0.493 e. The zero-order valence-electron chi connectivity index (χ0n) is 15.4. The molecule has 1 aliphatic heterocycles. The van der Waals surface area contributed by atoms with Gasteiger partial charge in [0.2, 0.25) is 0 Å². The molecule has 0 saturated heterocycles. The molecular weight excluding hydrogens is 415 g/mol. The van der Waals surface area contributed by atoms with Crippen LogP contribution in [-0.4, -0.2) is 44.7 Å². The van der Waals surface area contributed by atoms with Crippen LogP contribution >= 0.6 is 15.9 Å². The van der Waals surface area contributed by atoms with E-state index in [1.807, 2.05) is 12.1 Å². The molecule has 0 saturated carbocycles. The molecule has 0 atom stereocenters. The Morgan fingerprint density at radius 2 is 1.89 bits per heavy atom. The summed E-state index contributed by atoms with van der Waals surface area (Å²) in [6.45, 7) is 2.97. The van der Waals surface area contributed by atoms with Gasteiger partial charge in [-0.25, -0.2) is 4.39 Å². The number of ether oxygens (including phenoxy) is 2. The fourth-order valence-electron chi connectivity index (χ4n) is 3.23. The van der Waals surface area contributed by atoms with Gasteiger partial charge < -0.3 is 14.8 Å². The Kier molecular flexibility index (Phi) is 6.34. The van der Waals surface area contributed by atoms with Crippen LogP contribution in [0.2, 0.25) is 0 Å². The lowest BCUT2D eigenvalue weighted by Crippen LogP contribution is -2.38. The van der Waals surface area contributed by atoms with Crippen molar-refractivity contribution in [2.24, 2.45) is 0 Å². The smallest absolute Gasteiger partial charge is 0.252 e. The lowest BCUT2D eigenvalue weighted by molar-refractivity contribution is 0.0946. The molecule has 1 heterocycles. The SMILES string of the molecule is COc1cc2c(cc1OC)CN(CCNC(=O)c1ccc(F)cc1Br)CC2. The molecule has 1 amide bonds. The maximum atomic E-state index is 13.1. The third-order valence-electron chi connectivity index (χ3n) is 4.69. The van der Waals surface area contributed by atoms with Crippen molar-refractivity contribution in [2.75, 3.05) is 33.9 Å². The van der Waals surface area contributed by atoms with Crippen molar-refractivity contribution in [3.63, 3.8) is 0 Å². The molecule has 2 aromatic rings. The van der Waals surface area contributed by atoms with E-state index in [2.05, 4.69) is 26.1 Å². The van der Waals surface area contributed by atoms with E-state index >= 15 is 0 Å². The van der Waals surface area contributed by atoms with Crippen LogP contribution in [0.25, 0.3) is 0 Å². The van der Waals surface area contributed by atoms with Gasteiger partial charge >= 0.3 is 0 Å². The monoisotopic (exact) mass is 436 g/mol. The number of carbonyl (C=O) groups excluding carboxylic acids is 1. The second-order valence-corrected chi connectivity index (χ2v) is 7.24.